The van der Waals surface area contributed by atoms with Crippen LogP contribution in [-0.2, 0) is 0 Å². The number of alkyl halides is 1. The fourth-order valence-electron chi connectivity index (χ4n) is 0.377. The standard InChI is InChI=1S/C5H10ClO2/c1-4(7)2-5(8)3-6/h4-5,7-8H,1-3H2. The minimum atomic E-state index is -0.705. The van der Waals surface area contributed by atoms with Crippen molar-refractivity contribution in [1.82, 2.24) is 0 Å². The van der Waals surface area contributed by atoms with E-state index < -0.39 is 12.2 Å². The maximum Gasteiger partial charge on any atom is 0.0700 e. The Morgan fingerprint density at radius 2 is 2.00 bits per heavy atom. The van der Waals surface area contributed by atoms with Crippen molar-refractivity contribution < 1.29 is 10.2 Å². The van der Waals surface area contributed by atoms with Crippen molar-refractivity contribution in [3.63, 3.8) is 0 Å². The Morgan fingerprint density at radius 3 is 2.12 bits per heavy atom. The topological polar surface area (TPSA) is 40.5 Å². The Hall–Kier alpha value is 0.210. The summed E-state index contributed by atoms with van der Waals surface area (Å²) in [5, 5.41) is 17.2. The SMILES string of the molecule is [CH2]C(O)CC(O)CCl. The minimum absolute atomic E-state index is 0.159. The molecule has 0 aliphatic carbocycles. The highest BCUT2D eigenvalue weighted by molar-refractivity contribution is 6.18. The maximum absolute atomic E-state index is 8.70. The van der Waals surface area contributed by atoms with Crippen molar-refractivity contribution in [2.45, 2.75) is 18.6 Å². The second kappa shape index (κ2) is 4.13. The number of aliphatic hydroxyl groups excluding tert-OH is 2. The smallest absolute Gasteiger partial charge is 0.0700 e. The first-order valence-electron chi connectivity index (χ1n) is 2.42. The Bertz CT molecular complexity index is 56.4. The van der Waals surface area contributed by atoms with Gasteiger partial charge >= 0.3 is 0 Å². The molecular weight excluding hydrogens is 128 g/mol. The van der Waals surface area contributed by atoms with Gasteiger partial charge in [-0.1, -0.05) is 0 Å². The highest BCUT2D eigenvalue weighted by atomic mass is 35.5. The van der Waals surface area contributed by atoms with Crippen LogP contribution in [0.4, 0.5) is 0 Å². The molecule has 0 aromatic heterocycles. The van der Waals surface area contributed by atoms with Gasteiger partial charge in [0.2, 0.25) is 0 Å². The number of hydrogen-bond donors (Lipinski definition) is 2. The summed E-state index contributed by atoms with van der Waals surface area (Å²) in [6.07, 6.45) is -1.07. The summed E-state index contributed by atoms with van der Waals surface area (Å²) in [7, 11) is 0. The van der Waals surface area contributed by atoms with Gasteiger partial charge in [-0.05, 0) is 6.92 Å². The summed E-state index contributed by atoms with van der Waals surface area (Å²) in [4.78, 5) is 0. The molecule has 2 atom stereocenters. The third-order valence-corrected chi connectivity index (χ3v) is 1.08. The van der Waals surface area contributed by atoms with Crippen molar-refractivity contribution in [1.29, 1.82) is 0 Å². The van der Waals surface area contributed by atoms with E-state index in [1.54, 1.807) is 0 Å². The van der Waals surface area contributed by atoms with Gasteiger partial charge in [0, 0.05) is 12.3 Å². The molecule has 0 saturated carbocycles. The van der Waals surface area contributed by atoms with Gasteiger partial charge in [0.1, 0.15) is 0 Å². The molecule has 0 heterocycles. The van der Waals surface area contributed by atoms with Crippen molar-refractivity contribution >= 4 is 11.6 Å². The van der Waals surface area contributed by atoms with Crippen molar-refractivity contribution in [3.05, 3.63) is 6.92 Å². The lowest BCUT2D eigenvalue weighted by atomic mass is 10.2. The molecule has 3 heteroatoms. The summed E-state index contributed by atoms with van der Waals surface area (Å²) in [6.45, 7) is 3.26. The number of hydrogen-bond acceptors (Lipinski definition) is 2. The summed E-state index contributed by atoms with van der Waals surface area (Å²) in [5.41, 5.74) is 0. The Balaban J connectivity index is 3.10. The molecule has 8 heavy (non-hydrogen) atoms. The van der Waals surface area contributed by atoms with E-state index in [4.69, 9.17) is 21.8 Å². The normalized spacial score (nSPS) is 18.0. The van der Waals surface area contributed by atoms with Crippen molar-refractivity contribution in [2.75, 3.05) is 5.88 Å². The van der Waals surface area contributed by atoms with E-state index in [0.29, 0.717) is 0 Å². The molecule has 0 amide bonds. The summed E-state index contributed by atoms with van der Waals surface area (Å²) < 4.78 is 0. The van der Waals surface area contributed by atoms with Crippen LogP contribution in [0.25, 0.3) is 0 Å². The van der Waals surface area contributed by atoms with Crippen LogP contribution in [0, 0.1) is 6.92 Å². The molecule has 2 N–H and O–H groups in total. The molecule has 0 spiro atoms. The van der Waals surface area contributed by atoms with Gasteiger partial charge in [0.25, 0.3) is 0 Å². The van der Waals surface area contributed by atoms with E-state index in [1.165, 1.54) is 0 Å². The largest absolute Gasteiger partial charge is 0.393 e. The van der Waals surface area contributed by atoms with Gasteiger partial charge in [-0.25, -0.2) is 0 Å². The lowest BCUT2D eigenvalue weighted by Gasteiger charge is -2.06. The fourth-order valence-corrected chi connectivity index (χ4v) is 0.503. The molecule has 0 bridgehead atoms. The van der Waals surface area contributed by atoms with Crippen LogP contribution in [-0.4, -0.2) is 28.3 Å². The van der Waals surface area contributed by atoms with E-state index in [2.05, 4.69) is 6.92 Å². The summed E-state index contributed by atoms with van der Waals surface area (Å²) in [6, 6.07) is 0. The monoisotopic (exact) mass is 137 g/mol. The first-order valence-corrected chi connectivity index (χ1v) is 2.95. The molecule has 0 rings (SSSR count). The molecule has 0 aliphatic rings. The van der Waals surface area contributed by atoms with Gasteiger partial charge in [-0.15, -0.1) is 11.6 Å². The quantitative estimate of drug-likeness (QED) is 0.545. The van der Waals surface area contributed by atoms with E-state index in [9.17, 15) is 0 Å². The van der Waals surface area contributed by atoms with E-state index in [-0.39, 0.29) is 12.3 Å². The summed E-state index contributed by atoms with van der Waals surface area (Å²) >= 11 is 5.21. The highest BCUT2D eigenvalue weighted by Crippen LogP contribution is 1.97. The van der Waals surface area contributed by atoms with Crippen LogP contribution in [0.5, 0.6) is 0 Å². The number of aliphatic hydroxyl groups is 2. The molecule has 0 fully saturated rings. The Morgan fingerprint density at radius 1 is 1.50 bits per heavy atom. The molecule has 0 saturated heterocycles. The Labute approximate surface area is 54.1 Å². The summed E-state index contributed by atoms with van der Waals surface area (Å²) in [5.74, 6) is 0.159. The van der Waals surface area contributed by atoms with Crippen molar-refractivity contribution in [3.8, 4) is 0 Å². The zero-order valence-electron chi connectivity index (χ0n) is 4.55. The van der Waals surface area contributed by atoms with Gasteiger partial charge in [0.05, 0.1) is 12.2 Å². The minimum Gasteiger partial charge on any atom is -0.393 e. The molecule has 1 radical (unpaired) electrons. The molecule has 49 valence electrons. The van der Waals surface area contributed by atoms with Crippen molar-refractivity contribution in [2.24, 2.45) is 0 Å². The molecule has 2 unspecified atom stereocenters. The number of rotatable bonds is 3. The first-order chi connectivity index (χ1) is 3.66. The van der Waals surface area contributed by atoms with Crippen LogP contribution in [0.15, 0.2) is 0 Å². The first kappa shape index (κ1) is 8.21. The van der Waals surface area contributed by atoms with Gasteiger partial charge in [0.15, 0.2) is 0 Å². The van der Waals surface area contributed by atoms with Gasteiger partial charge < -0.3 is 10.2 Å². The molecule has 0 aromatic rings. The van der Waals surface area contributed by atoms with Crippen LogP contribution >= 0.6 is 11.6 Å². The lowest BCUT2D eigenvalue weighted by molar-refractivity contribution is 0.117. The second-order valence-corrected chi connectivity index (χ2v) is 2.01. The van der Waals surface area contributed by atoms with Gasteiger partial charge in [-0.3, -0.25) is 0 Å². The van der Waals surface area contributed by atoms with Gasteiger partial charge in [-0.2, -0.15) is 0 Å². The van der Waals surface area contributed by atoms with E-state index >= 15 is 0 Å². The average Bonchev–Trinajstić information content (AvgIpc) is 1.65. The molecule has 0 aromatic carbocycles. The zero-order chi connectivity index (χ0) is 6.57. The van der Waals surface area contributed by atoms with Crippen LogP contribution in [0.1, 0.15) is 6.42 Å². The second-order valence-electron chi connectivity index (χ2n) is 1.70. The number of halogens is 1. The highest BCUT2D eigenvalue weighted by Gasteiger charge is 2.04. The maximum atomic E-state index is 8.70. The fraction of sp³-hybridized carbons (Fsp3) is 0.800. The van der Waals surface area contributed by atoms with Crippen LogP contribution < -0.4 is 0 Å². The van der Waals surface area contributed by atoms with E-state index in [0.717, 1.165) is 0 Å². The predicted molar refractivity (Wildman–Crippen MR) is 32.7 cm³/mol. The van der Waals surface area contributed by atoms with Crippen LogP contribution in [0.3, 0.4) is 0 Å². The Kier molecular flexibility index (Phi) is 4.23. The average molecular weight is 138 g/mol. The molecular formula is C5H10ClO2. The molecule has 2 nitrogen and oxygen atoms in total. The van der Waals surface area contributed by atoms with E-state index in [1.807, 2.05) is 0 Å². The predicted octanol–water partition coefficient (Wildman–Crippen LogP) is 0.171. The zero-order valence-corrected chi connectivity index (χ0v) is 5.30. The van der Waals surface area contributed by atoms with Crippen LogP contribution in [0.2, 0.25) is 0 Å². The third-order valence-electron chi connectivity index (χ3n) is 0.722. The lowest BCUT2D eigenvalue weighted by Crippen LogP contribution is -2.15. The molecule has 0 aliphatic heterocycles. The third kappa shape index (κ3) is 4.37.